The molecule has 1 saturated carbocycles. The molecule has 2 heteroatoms. The van der Waals surface area contributed by atoms with Gasteiger partial charge in [0, 0.05) is 5.41 Å². The first-order valence-electron chi connectivity index (χ1n) is 11.2. The molecule has 0 aliphatic heterocycles. The Morgan fingerprint density at radius 2 is 1.86 bits per heavy atom. The zero-order valence-electron chi connectivity index (χ0n) is 17.9. The summed E-state index contributed by atoms with van der Waals surface area (Å²) < 4.78 is 6.04. The van der Waals surface area contributed by atoms with Crippen molar-refractivity contribution in [1.29, 1.82) is 0 Å². The van der Waals surface area contributed by atoms with Gasteiger partial charge >= 0.3 is 0 Å². The maximum absolute atomic E-state index is 12.4. The van der Waals surface area contributed by atoms with Gasteiger partial charge in [0.1, 0.15) is 12.4 Å². The smallest absolute Gasteiger partial charge is 0.161 e. The van der Waals surface area contributed by atoms with Crippen molar-refractivity contribution in [3.63, 3.8) is 0 Å². The van der Waals surface area contributed by atoms with Crippen molar-refractivity contribution in [1.82, 2.24) is 0 Å². The van der Waals surface area contributed by atoms with E-state index in [0.29, 0.717) is 30.1 Å². The average molecular weight is 389 g/mol. The van der Waals surface area contributed by atoms with E-state index < -0.39 is 0 Å². The Morgan fingerprint density at radius 3 is 2.66 bits per heavy atom. The normalized spacial score (nSPS) is 29.2. The Morgan fingerprint density at radius 1 is 1.07 bits per heavy atom. The summed E-state index contributed by atoms with van der Waals surface area (Å²) in [5, 5.41) is 0. The highest BCUT2D eigenvalue weighted by atomic mass is 16.5. The van der Waals surface area contributed by atoms with Gasteiger partial charge in [-0.3, -0.25) is 4.79 Å². The molecule has 2 aromatic carbocycles. The summed E-state index contributed by atoms with van der Waals surface area (Å²) >= 11 is 0. The highest BCUT2D eigenvalue weighted by Crippen LogP contribution is 2.57. The molecule has 1 fully saturated rings. The van der Waals surface area contributed by atoms with Crippen LogP contribution in [-0.2, 0) is 17.8 Å². The molecule has 0 saturated heterocycles. The van der Waals surface area contributed by atoms with Crippen molar-refractivity contribution in [2.45, 2.75) is 59.0 Å². The van der Waals surface area contributed by atoms with Crippen LogP contribution in [0.2, 0.25) is 0 Å². The Kier molecular flexibility index (Phi) is 5.63. The largest absolute Gasteiger partial charge is 0.489 e. The maximum atomic E-state index is 12.4. The van der Waals surface area contributed by atoms with Crippen molar-refractivity contribution in [3.05, 3.63) is 77.4 Å². The molecule has 4 atom stereocenters. The molecule has 3 aliphatic rings. The molecular formula is C27H32O2. The van der Waals surface area contributed by atoms with Crippen LogP contribution in [-0.4, -0.2) is 5.78 Å². The Hall–Kier alpha value is -2.35. The van der Waals surface area contributed by atoms with E-state index in [-0.39, 0.29) is 5.41 Å². The summed E-state index contributed by atoms with van der Waals surface area (Å²) in [5.74, 6) is 2.93. The molecule has 2 aromatic rings. The van der Waals surface area contributed by atoms with E-state index in [9.17, 15) is 4.79 Å². The van der Waals surface area contributed by atoms with Gasteiger partial charge in [0.25, 0.3) is 0 Å². The first-order valence-corrected chi connectivity index (χ1v) is 11.2. The summed E-state index contributed by atoms with van der Waals surface area (Å²) in [6.45, 7) is 6.80. The molecule has 29 heavy (non-hydrogen) atoms. The van der Waals surface area contributed by atoms with Gasteiger partial charge in [0.15, 0.2) is 5.78 Å². The SMILES string of the molecule is CC.CC12CCC3c4ccc(OCc5ccccc5)cc4CCC3C1C=CC2=O. The number of rotatable bonds is 3. The number of aryl methyl sites for hydroxylation is 1. The third-order valence-electron chi connectivity index (χ3n) is 7.22. The van der Waals surface area contributed by atoms with Crippen LogP contribution in [0.25, 0.3) is 0 Å². The number of carbonyl (C=O) groups is 1. The summed E-state index contributed by atoms with van der Waals surface area (Å²) in [6.07, 6.45) is 8.47. The minimum atomic E-state index is -0.141. The fourth-order valence-electron chi connectivity index (χ4n) is 5.66. The van der Waals surface area contributed by atoms with Crippen LogP contribution in [0.4, 0.5) is 0 Å². The zero-order chi connectivity index (χ0) is 20.4. The van der Waals surface area contributed by atoms with Crippen LogP contribution in [0.15, 0.2) is 60.7 Å². The third kappa shape index (κ3) is 3.54. The summed E-state index contributed by atoms with van der Waals surface area (Å²) in [4.78, 5) is 12.4. The number of ether oxygens (including phenoxy) is 1. The van der Waals surface area contributed by atoms with Crippen LogP contribution in [0.3, 0.4) is 0 Å². The lowest BCUT2D eigenvalue weighted by atomic mass is 9.55. The van der Waals surface area contributed by atoms with Crippen molar-refractivity contribution < 1.29 is 9.53 Å². The van der Waals surface area contributed by atoms with E-state index in [2.05, 4.69) is 43.3 Å². The fraction of sp³-hybridized carbons (Fsp3) is 0.444. The monoisotopic (exact) mass is 388 g/mol. The minimum Gasteiger partial charge on any atom is -0.489 e. The number of ketones is 1. The summed E-state index contributed by atoms with van der Waals surface area (Å²) in [5.41, 5.74) is 3.99. The number of allylic oxidation sites excluding steroid dienone is 2. The third-order valence-corrected chi connectivity index (χ3v) is 7.22. The standard InChI is InChI=1S/C25H26O2.C2H6/c1-25-14-13-21-20-10-8-19(27-16-17-5-3-2-4-6-17)15-18(20)7-9-22(21)23(25)11-12-24(25)26;1-2/h2-6,8,10-12,15,21-23H,7,9,13-14,16H2,1H3;1-2H3. The van der Waals surface area contributed by atoms with Gasteiger partial charge in [-0.2, -0.15) is 0 Å². The molecule has 0 amide bonds. The van der Waals surface area contributed by atoms with Crippen molar-refractivity contribution in [3.8, 4) is 5.75 Å². The van der Waals surface area contributed by atoms with Gasteiger partial charge in [0.05, 0.1) is 0 Å². The minimum absolute atomic E-state index is 0.141. The highest BCUT2D eigenvalue weighted by molar-refractivity contribution is 5.97. The molecule has 152 valence electrons. The Balaban J connectivity index is 0.000000994. The maximum Gasteiger partial charge on any atom is 0.161 e. The number of carbonyl (C=O) groups excluding carboxylic acids is 1. The van der Waals surface area contributed by atoms with Gasteiger partial charge in [-0.15, -0.1) is 0 Å². The lowest BCUT2D eigenvalue weighted by molar-refractivity contribution is -0.126. The number of benzene rings is 2. The summed E-state index contributed by atoms with van der Waals surface area (Å²) in [7, 11) is 0. The average Bonchev–Trinajstić information content (AvgIpc) is 3.08. The van der Waals surface area contributed by atoms with E-state index in [1.807, 2.05) is 38.1 Å². The molecule has 0 heterocycles. The number of hydrogen-bond donors (Lipinski definition) is 0. The molecule has 0 bridgehead atoms. The van der Waals surface area contributed by atoms with E-state index in [0.717, 1.165) is 25.0 Å². The molecule has 0 radical (unpaired) electrons. The quantitative estimate of drug-likeness (QED) is 0.600. The Labute approximate surface area is 175 Å². The lowest BCUT2D eigenvalue weighted by Gasteiger charge is -2.48. The van der Waals surface area contributed by atoms with E-state index >= 15 is 0 Å². The molecule has 0 aromatic heterocycles. The Bertz CT molecular complexity index is 898. The molecule has 3 aliphatic carbocycles. The van der Waals surface area contributed by atoms with Crippen LogP contribution in [0, 0.1) is 17.3 Å². The van der Waals surface area contributed by atoms with Crippen LogP contribution in [0.5, 0.6) is 5.75 Å². The second kappa shape index (κ2) is 8.18. The molecule has 4 unspecified atom stereocenters. The fourth-order valence-corrected chi connectivity index (χ4v) is 5.66. The molecular weight excluding hydrogens is 356 g/mol. The van der Waals surface area contributed by atoms with Gasteiger partial charge in [0.2, 0.25) is 0 Å². The molecule has 0 spiro atoms. The van der Waals surface area contributed by atoms with Crippen molar-refractivity contribution >= 4 is 5.78 Å². The van der Waals surface area contributed by atoms with Crippen LogP contribution < -0.4 is 4.74 Å². The van der Waals surface area contributed by atoms with E-state index in [4.69, 9.17) is 4.74 Å². The summed E-state index contributed by atoms with van der Waals surface area (Å²) in [6, 6.07) is 17.0. The van der Waals surface area contributed by atoms with Gasteiger partial charge in [-0.1, -0.05) is 63.2 Å². The predicted octanol–water partition coefficient (Wildman–Crippen LogP) is 6.49. The highest BCUT2D eigenvalue weighted by Gasteiger charge is 2.52. The molecule has 5 rings (SSSR count). The lowest BCUT2D eigenvalue weighted by Crippen LogP contribution is -2.42. The van der Waals surface area contributed by atoms with E-state index in [1.54, 1.807) is 0 Å². The molecule has 0 N–H and O–H groups in total. The molecule has 2 nitrogen and oxygen atoms in total. The first-order chi connectivity index (χ1) is 14.1. The van der Waals surface area contributed by atoms with Gasteiger partial charge in [-0.05, 0) is 78.3 Å². The number of fused-ring (bicyclic) bond motifs is 5. The number of hydrogen-bond acceptors (Lipinski definition) is 2. The zero-order valence-corrected chi connectivity index (χ0v) is 17.9. The van der Waals surface area contributed by atoms with Crippen LogP contribution >= 0.6 is 0 Å². The van der Waals surface area contributed by atoms with Crippen molar-refractivity contribution in [2.75, 3.05) is 0 Å². The van der Waals surface area contributed by atoms with Gasteiger partial charge in [-0.25, -0.2) is 0 Å². The predicted molar refractivity (Wildman–Crippen MR) is 118 cm³/mol. The van der Waals surface area contributed by atoms with Gasteiger partial charge < -0.3 is 4.74 Å². The van der Waals surface area contributed by atoms with Crippen LogP contribution in [0.1, 0.15) is 62.6 Å². The van der Waals surface area contributed by atoms with Crippen molar-refractivity contribution in [2.24, 2.45) is 17.3 Å². The second-order valence-electron chi connectivity index (χ2n) is 8.65. The topological polar surface area (TPSA) is 26.3 Å². The first kappa shape index (κ1) is 19.9. The van der Waals surface area contributed by atoms with E-state index in [1.165, 1.54) is 23.1 Å². The second-order valence-corrected chi connectivity index (χ2v) is 8.65.